The van der Waals surface area contributed by atoms with E-state index in [2.05, 4.69) is 185 Å². The smallest absolute Gasteiger partial charge is 0.131 e. The molecular weight excluding hydrogens is 685 g/mol. The van der Waals surface area contributed by atoms with Gasteiger partial charge < -0.3 is 15.4 Å². The van der Waals surface area contributed by atoms with Gasteiger partial charge in [-0.05, 0) is 85.5 Å². The van der Waals surface area contributed by atoms with Gasteiger partial charge in [0, 0.05) is 42.7 Å². The molecule has 0 radical (unpaired) electrons. The van der Waals surface area contributed by atoms with Crippen molar-refractivity contribution in [1.29, 1.82) is 0 Å². The fourth-order valence-corrected chi connectivity index (χ4v) is 10.0. The Bertz CT molecular complexity index is 2690. The third-order valence-corrected chi connectivity index (χ3v) is 12.8. The van der Waals surface area contributed by atoms with E-state index in [1.54, 1.807) is 0 Å². The summed E-state index contributed by atoms with van der Waals surface area (Å²) in [6.07, 6.45) is 6.43. The average molecular weight is 725 g/mol. The summed E-state index contributed by atoms with van der Waals surface area (Å²) < 4.78 is 6.74. The van der Waals surface area contributed by atoms with Crippen LogP contribution in [0.4, 0.5) is 0 Å². The van der Waals surface area contributed by atoms with Gasteiger partial charge >= 0.3 is 0 Å². The van der Waals surface area contributed by atoms with Crippen molar-refractivity contribution in [2.24, 2.45) is 0 Å². The minimum absolute atomic E-state index is 0.0440. The summed E-state index contributed by atoms with van der Waals surface area (Å²) in [5.74, 6) is 2.19. The van der Waals surface area contributed by atoms with Crippen LogP contribution in [0.15, 0.2) is 193 Å². The fraction of sp³-hybridized carbons (Fsp3) is 0.137. The van der Waals surface area contributed by atoms with Crippen LogP contribution in [0.1, 0.15) is 40.0 Å². The summed E-state index contributed by atoms with van der Waals surface area (Å²) in [4.78, 5) is 2.54. The highest BCUT2D eigenvalue weighted by molar-refractivity contribution is 5.89. The number of dihydropyridines is 1. The van der Waals surface area contributed by atoms with Gasteiger partial charge in [-0.15, -0.1) is 0 Å². The third kappa shape index (κ3) is 4.81. The lowest BCUT2D eigenvalue weighted by Gasteiger charge is -2.42. The number of benzene rings is 6. The lowest BCUT2D eigenvalue weighted by molar-refractivity contribution is 0.277. The maximum absolute atomic E-state index is 6.74. The molecule has 1 aliphatic carbocycles. The number of rotatable bonds is 5. The van der Waals surface area contributed by atoms with E-state index in [9.17, 15) is 0 Å². The van der Waals surface area contributed by atoms with E-state index < -0.39 is 0 Å². The quantitative estimate of drug-likeness (QED) is 0.155. The van der Waals surface area contributed by atoms with Crippen molar-refractivity contribution in [3.05, 3.63) is 220 Å². The number of allylic oxidation sites excluding steroid dienone is 1. The highest BCUT2D eigenvalue weighted by atomic mass is 16.5. The molecule has 5 aliphatic heterocycles. The molecule has 6 aromatic carbocycles. The van der Waals surface area contributed by atoms with Crippen molar-refractivity contribution in [3.63, 3.8) is 0 Å². The monoisotopic (exact) mass is 724 g/mol. The average Bonchev–Trinajstić information content (AvgIpc) is 3.88. The Hall–Kier alpha value is -6.40. The second-order valence-electron chi connectivity index (χ2n) is 15.8. The molecule has 0 saturated carbocycles. The minimum Gasteiger partial charge on any atom is -0.460 e. The van der Waals surface area contributed by atoms with Crippen molar-refractivity contribution >= 4 is 5.70 Å². The van der Waals surface area contributed by atoms with Crippen molar-refractivity contribution < 1.29 is 4.74 Å². The second kappa shape index (κ2) is 12.3. The summed E-state index contributed by atoms with van der Waals surface area (Å²) in [6.45, 7) is 2.81. The molecule has 0 bridgehead atoms. The fourth-order valence-electron chi connectivity index (χ4n) is 10.0. The van der Waals surface area contributed by atoms with Crippen LogP contribution in [0.5, 0.6) is 0 Å². The van der Waals surface area contributed by atoms with Crippen molar-refractivity contribution in [3.8, 4) is 33.4 Å². The molecule has 0 amide bonds. The number of nitrogens with zero attached hydrogens (tertiary/aromatic N) is 1. The van der Waals surface area contributed by atoms with E-state index in [-0.39, 0.29) is 17.6 Å². The van der Waals surface area contributed by atoms with Gasteiger partial charge in [-0.25, -0.2) is 0 Å². The summed E-state index contributed by atoms with van der Waals surface area (Å²) in [6, 6.07) is 56.1. The molecule has 1 saturated heterocycles. The van der Waals surface area contributed by atoms with E-state index in [0.29, 0.717) is 6.04 Å². The van der Waals surface area contributed by atoms with E-state index in [1.165, 1.54) is 78.1 Å². The summed E-state index contributed by atoms with van der Waals surface area (Å²) >= 11 is 0. The zero-order valence-electron chi connectivity index (χ0n) is 30.9. The molecule has 12 rings (SSSR count). The highest BCUT2D eigenvalue weighted by Gasteiger charge is 2.60. The number of hydrogen-bond acceptors (Lipinski definition) is 5. The van der Waals surface area contributed by atoms with Gasteiger partial charge in [-0.2, -0.15) is 0 Å². The first-order valence-electron chi connectivity index (χ1n) is 19.8. The molecule has 5 heterocycles. The molecule has 5 unspecified atom stereocenters. The van der Waals surface area contributed by atoms with Crippen molar-refractivity contribution in [1.82, 2.24) is 20.9 Å². The maximum Gasteiger partial charge on any atom is 0.131 e. The predicted molar refractivity (Wildman–Crippen MR) is 224 cm³/mol. The second-order valence-corrected chi connectivity index (χ2v) is 15.8. The Morgan fingerprint density at radius 1 is 0.607 bits per heavy atom. The van der Waals surface area contributed by atoms with Crippen LogP contribution in [0.25, 0.3) is 39.1 Å². The third-order valence-electron chi connectivity index (χ3n) is 12.8. The van der Waals surface area contributed by atoms with E-state index in [1.807, 2.05) is 6.20 Å². The molecule has 5 nitrogen and oxygen atoms in total. The first-order chi connectivity index (χ1) is 27.7. The predicted octanol–water partition coefficient (Wildman–Crippen LogP) is 9.61. The zero-order chi connectivity index (χ0) is 36.8. The Morgan fingerprint density at radius 3 is 2.18 bits per heavy atom. The normalized spacial score (nSPS) is 24.9. The van der Waals surface area contributed by atoms with Crippen LogP contribution in [0.3, 0.4) is 0 Å². The molecule has 6 aromatic rings. The largest absolute Gasteiger partial charge is 0.460 e. The molecular formula is C51H40N4O. The molecule has 56 heavy (non-hydrogen) atoms. The SMILES string of the molecule is C1=CC2=C(CN1)C1(C3=C(O2)C2CN2C3)c2ccccc2-c2ccc(-c3cccc(-c4ccc(C5NC(c6ccccc6)=CC(c6ccccc6)N5)cc4)c3)cc21. The molecule has 5 atom stereocenters. The lowest BCUT2D eigenvalue weighted by atomic mass is 9.64. The molecule has 0 aromatic heterocycles. The molecule has 1 spiro atoms. The number of ether oxygens (including phenoxy) is 1. The highest BCUT2D eigenvalue weighted by Crippen LogP contribution is 2.63. The number of nitrogens with one attached hydrogen (secondary N) is 3. The van der Waals surface area contributed by atoms with Crippen LogP contribution in [0.2, 0.25) is 0 Å². The first-order valence-corrected chi connectivity index (χ1v) is 19.8. The van der Waals surface area contributed by atoms with Gasteiger partial charge in [-0.1, -0.05) is 140 Å². The number of hydrogen-bond donors (Lipinski definition) is 3. The van der Waals surface area contributed by atoms with Crippen LogP contribution in [0, 0.1) is 0 Å². The van der Waals surface area contributed by atoms with E-state index in [0.717, 1.165) is 31.1 Å². The van der Waals surface area contributed by atoms with Crippen LogP contribution in [-0.4, -0.2) is 30.6 Å². The van der Waals surface area contributed by atoms with Crippen LogP contribution in [-0.2, 0) is 10.2 Å². The molecule has 270 valence electrons. The lowest BCUT2D eigenvalue weighted by Crippen LogP contribution is -2.41. The summed E-state index contributed by atoms with van der Waals surface area (Å²) in [7, 11) is 0. The van der Waals surface area contributed by atoms with Crippen LogP contribution < -0.4 is 16.0 Å². The molecule has 3 N–H and O–H groups in total. The maximum atomic E-state index is 6.74. The van der Waals surface area contributed by atoms with Crippen molar-refractivity contribution in [2.45, 2.75) is 23.7 Å². The molecule has 6 aliphatic rings. The van der Waals surface area contributed by atoms with Gasteiger partial charge in [0.25, 0.3) is 0 Å². The first kappa shape index (κ1) is 31.9. The topological polar surface area (TPSA) is 48.3 Å². The van der Waals surface area contributed by atoms with Gasteiger partial charge in [0.2, 0.25) is 0 Å². The standard InChI is InChI=1S/C51H40N4O/c1-3-10-33(11-4-1)45-28-46(34-12-5-2-6-13-34)54-50(53-45)35-20-18-32(19-21-35)36-14-9-15-37(26-36)38-22-23-40-39-16-7-8-17-41(39)51(42(40)27-38)43-29-52-25-24-48(43)56-49-44(51)30-55-31-47(49)55/h1-28,45,47,50,52-54H,29-31H2. The number of fused-ring (bicyclic) bond motifs is 9. The summed E-state index contributed by atoms with van der Waals surface area (Å²) in [5.41, 5.74) is 17.4. The zero-order valence-corrected chi connectivity index (χ0v) is 30.9. The Balaban J connectivity index is 0.898. The van der Waals surface area contributed by atoms with Gasteiger partial charge in [0.15, 0.2) is 0 Å². The van der Waals surface area contributed by atoms with Gasteiger partial charge in [0.1, 0.15) is 17.7 Å². The Morgan fingerprint density at radius 2 is 1.32 bits per heavy atom. The molecule has 1 fully saturated rings. The Kier molecular flexibility index (Phi) is 7.01. The molecule has 5 heteroatoms. The summed E-state index contributed by atoms with van der Waals surface area (Å²) in [5, 5.41) is 11.2. The van der Waals surface area contributed by atoms with Gasteiger partial charge in [-0.3, -0.25) is 10.2 Å². The minimum atomic E-state index is -0.347. The van der Waals surface area contributed by atoms with Crippen LogP contribution >= 0.6 is 0 Å². The van der Waals surface area contributed by atoms with Gasteiger partial charge in [0.05, 0.1) is 17.5 Å². The Labute approximate surface area is 327 Å². The van der Waals surface area contributed by atoms with E-state index >= 15 is 0 Å². The van der Waals surface area contributed by atoms with Crippen molar-refractivity contribution in [2.75, 3.05) is 19.6 Å². The van der Waals surface area contributed by atoms with E-state index in [4.69, 9.17) is 4.74 Å².